The number of fused-ring (bicyclic) bond motifs is 2. The van der Waals surface area contributed by atoms with Gasteiger partial charge in [0.2, 0.25) is 11.8 Å². The zero-order valence-electron chi connectivity index (χ0n) is 51.6. The minimum atomic E-state index is -0.392. The first-order valence-electron chi connectivity index (χ1n) is 31.2. The maximum Gasteiger partial charge on any atom is 0.269 e. The molecular formula is C66H88N12O8. The largest absolute Gasteiger partial charge is 0.480 e. The average molecular weight is 1180 g/mol. The molecule has 2 fully saturated rings. The molecule has 2 aromatic carbocycles. The van der Waals surface area contributed by atoms with Gasteiger partial charge in [0, 0.05) is 113 Å². The highest BCUT2D eigenvalue weighted by atomic mass is 16.7. The molecule has 20 nitrogen and oxygen atoms in total. The summed E-state index contributed by atoms with van der Waals surface area (Å²) in [6, 6.07) is 20.1. The molecule has 460 valence electrons. The van der Waals surface area contributed by atoms with Crippen LogP contribution in [0.3, 0.4) is 0 Å². The zero-order valence-corrected chi connectivity index (χ0v) is 51.6. The Kier molecular flexibility index (Phi) is 21.4. The van der Waals surface area contributed by atoms with Crippen LogP contribution in [0.4, 0.5) is 0 Å². The second-order valence-corrected chi connectivity index (χ2v) is 24.1. The average Bonchev–Trinajstić information content (AvgIpc) is 4.52. The Hall–Kier alpha value is -7.58. The van der Waals surface area contributed by atoms with Gasteiger partial charge in [0.05, 0.1) is 72.2 Å². The van der Waals surface area contributed by atoms with Gasteiger partial charge in [-0.05, 0) is 77.6 Å². The molecule has 20 heteroatoms. The van der Waals surface area contributed by atoms with Gasteiger partial charge in [-0.3, -0.25) is 19.2 Å². The number of para-hydroxylation sites is 2. The molecule has 4 aromatic heterocycles. The predicted molar refractivity (Wildman–Crippen MR) is 334 cm³/mol. The monoisotopic (exact) mass is 1180 g/mol. The van der Waals surface area contributed by atoms with Crippen LogP contribution in [-0.2, 0) is 28.9 Å². The number of unbranched alkanes of at least 4 members (excludes halogenated alkanes) is 4. The molecule has 6 aromatic rings. The standard InChI is InChI=1S/2C33H44N6O4/c2*1-5-24(40)12-7-6-8-14-27(36-31(41)28-20-33(43-38-28)15-17-39(18-16-33)22(2)3)30-34-21-29(35-30)25-19-23-11-9-10-13-26(23)37-32(25)42-4/h2*9-11,13,19,21-22,27H,5-8,12,14-18,20H2,1-4H3,(H,34,35)(H,36,41)/t2*27-/m10/s1. The number of carbonyl (C=O) groups excluding carboxylic acids is 4. The molecule has 4 N–H and O–H groups in total. The molecule has 2 amide bonds. The summed E-state index contributed by atoms with van der Waals surface area (Å²) in [5, 5.41) is 16.9. The van der Waals surface area contributed by atoms with Crippen molar-refractivity contribution >= 4 is 56.6 Å². The first-order chi connectivity index (χ1) is 41.6. The predicted octanol–water partition coefficient (Wildman–Crippen LogP) is 11.5. The van der Waals surface area contributed by atoms with E-state index in [9.17, 15) is 19.2 Å². The molecule has 0 saturated carbocycles. The molecule has 8 heterocycles. The van der Waals surface area contributed by atoms with Gasteiger partial charge in [0.25, 0.3) is 11.8 Å². The van der Waals surface area contributed by atoms with E-state index in [1.165, 1.54) is 0 Å². The number of methoxy groups -OCH3 is 2. The van der Waals surface area contributed by atoms with Gasteiger partial charge >= 0.3 is 0 Å². The van der Waals surface area contributed by atoms with E-state index in [-0.39, 0.29) is 35.5 Å². The van der Waals surface area contributed by atoms with Crippen LogP contribution in [0.15, 0.2) is 83.4 Å². The van der Waals surface area contributed by atoms with Crippen LogP contribution in [0.25, 0.3) is 44.3 Å². The molecule has 0 aliphatic carbocycles. The number of pyridine rings is 2. The van der Waals surface area contributed by atoms with Crippen LogP contribution in [0.5, 0.6) is 11.8 Å². The lowest BCUT2D eigenvalue weighted by Crippen LogP contribution is -2.47. The Morgan fingerprint density at radius 2 is 0.977 bits per heavy atom. The highest BCUT2D eigenvalue weighted by molar-refractivity contribution is 6.39. The number of amides is 2. The summed E-state index contributed by atoms with van der Waals surface area (Å²) < 4.78 is 11.2. The summed E-state index contributed by atoms with van der Waals surface area (Å²) in [4.78, 5) is 92.9. The molecule has 4 aliphatic rings. The summed E-state index contributed by atoms with van der Waals surface area (Å²) in [6.07, 6.45) is 16.8. The quantitative estimate of drug-likeness (QED) is 0.0369. The van der Waals surface area contributed by atoms with Gasteiger partial charge in [-0.2, -0.15) is 0 Å². The summed E-state index contributed by atoms with van der Waals surface area (Å²) in [7, 11) is 3.21. The van der Waals surface area contributed by atoms with Crippen molar-refractivity contribution in [2.75, 3.05) is 40.4 Å². The Bertz CT molecular complexity index is 3130. The van der Waals surface area contributed by atoms with Gasteiger partial charge in [0.1, 0.15) is 45.8 Å². The van der Waals surface area contributed by atoms with Crippen molar-refractivity contribution in [1.82, 2.24) is 50.3 Å². The molecule has 4 aliphatic heterocycles. The van der Waals surface area contributed by atoms with Gasteiger partial charge in [-0.15, -0.1) is 0 Å². The van der Waals surface area contributed by atoms with Crippen LogP contribution in [0.1, 0.15) is 181 Å². The summed E-state index contributed by atoms with van der Waals surface area (Å²) in [6.45, 7) is 16.4. The number of hydrogen-bond acceptors (Lipinski definition) is 16. The molecule has 0 radical (unpaired) electrons. The van der Waals surface area contributed by atoms with E-state index >= 15 is 0 Å². The number of piperidine rings is 2. The lowest BCUT2D eigenvalue weighted by Gasteiger charge is -2.39. The SMILES string of the molecule is CCC(=O)CCCCC[C@@H](NC(=O)C1=NOC2(CCN(C(C)C)CC2)C1)c1ncc(-c2cc3ccccc3nc2OC)[nH]1.CCC(=O)CCCCC[C@H](NC(=O)C1=NOC2(CCN(C(C)C)CC2)C1)c1ncc(-c2cc3ccccc3nc2OC)[nH]1. The number of Topliss-reactive ketones (excluding diaryl/α,β-unsaturated/α-hetero) is 2. The van der Waals surface area contributed by atoms with Crippen LogP contribution in [0, 0.1) is 0 Å². The first-order valence-corrected chi connectivity index (χ1v) is 31.2. The van der Waals surface area contributed by atoms with Crippen LogP contribution >= 0.6 is 0 Å². The first kappa shape index (κ1) is 62.9. The molecule has 2 saturated heterocycles. The third-order valence-electron chi connectivity index (χ3n) is 17.6. The smallest absolute Gasteiger partial charge is 0.269 e. The second kappa shape index (κ2) is 29.2. The number of H-pyrrole nitrogens is 2. The number of aromatic nitrogens is 6. The number of oxime groups is 2. The molecule has 2 spiro atoms. The number of hydrogen-bond donors (Lipinski definition) is 4. The number of nitrogens with zero attached hydrogens (tertiary/aromatic N) is 8. The third-order valence-corrected chi connectivity index (χ3v) is 17.6. The van der Waals surface area contributed by atoms with Crippen molar-refractivity contribution in [3.63, 3.8) is 0 Å². The van der Waals surface area contributed by atoms with E-state index in [2.05, 4.69) is 78.4 Å². The van der Waals surface area contributed by atoms with Gasteiger partial charge in [-0.1, -0.05) is 86.2 Å². The Morgan fingerprint density at radius 1 is 0.581 bits per heavy atom. The molecular weight excluding hydrogens is 1090 g/mol. The molecule has 2 atom stereocenters. The zero-order chi connectivity index (χ0) is 60.8. The second-order valence-electron chi connectivity index (χ2n) is 24.1. The summed E-state index contributed by atoms with van der Waals surface area (Å²) in [5.74, 6) is 2.43. The van der Waals surface area contributed by atoms with E-state index < -0.39 is 11.2 Å². The third kappa shape index (κ3) is 15.7. The minimum Gasteiger partial charge on any atom is -0.480 e. The number of rotatable bonds is 26. The Labute approximate surface area is 505 Å². The number of aromatic amines is 2. The summed E-state index contributed by atoms with van der Waals surface area (Å²) >= 11 is 0. The fraction of sp³-hybridized carbons (Fsp3) is 0.545. The fourth-order valence-electron chi connectivity index (χ4n) is 12.0. The number of nitrogens with one attached hydrogen (secondary N) is 4. The van der Waals surface area contributed by atoms with Crippen molar-refractivity contribution in [1.29, 1.82) is 0 Å². The topological polar surface area (TPSA) is 244 Å². The van der Waals surface area contributed by atoms with Crippen LogP contribution in [-0.4, -0.2) is 138 Å². The molecule has 86 heavy (non-hydrogen) atoms. The maximum atomic E-state index is 13.5. The van der Waals surface area contributed by atoms with Crippen LogP contribution < -0.4 is 20.1 Å². The van der Waals surface area contributed by atoms with Gasteiger partial charge in [-0.25, -0.2) is 19.9 Å². The van der Waals surface area contributed by atoms with E-state index in [1.54, 1.807) is 26.6 Å². The number of likely N-dealkylation sites (tertiary alicyclic amines) is 2. The fourth-order valence-corrected chi connectivity index (χ4v) is 12.0. The van der Waals surface area contributed by atoms with Crippen LogP contribution in [0.2, 0.25) is 0 Å². The van der Waals surface area contributed by atoms with E-state index in [0.29, 0.717) is 98.3 Å². The van der Waals surface area contributed by atoms with Crippen molar-refractivity contribution < 1.29 is 38.3 Å². The maximum absolute atomic E-state index is 13.5. The lowest BCUT2D eigenvalue weighted by atomic mass is 9.86. The Morgan fingerprint density at radius 3 is 1.35 bits per heavy atom. The highest BCUT2D eigenvalue weighted by Gasteiger charge is 2.46. The number of ketones is 2. The van der Waals surface area contributed by atoms with Gasteiger partial charge in [0.15, 0.2) is 0 Å². The molecule has 0 bridgehead atoms. The van der Waals surface area contributed by atoms with E-state index in [4.69, 9.17) is 29.1 Å². The number of imidazole rings is 2. The summed E-state index contributed by atoms with van der Waals surface area (Å²) in [5.41, 5.74) is 4.90. The Balaban J connectivity index is 0.000000205. The normalized spacial score (nSPS) is 17.2. The molecule has 0 unspecified atom stereocenters. The molecule has 10 rings (SSSR count). The minimum absolute atomic E-state index is 0.225. The number of carbonyl (C=O) groups is 4. The van der Waals surface area contributed by atoms with E-state index in [0.717, 1.165) is 135 Å². The van der Waals surface area contributed by atoms with Crippen molar-refractivity contribution in [2.45, 2.75) is 192 Å². The highest BCUT2D eigenvalue weighted by Crippen LogP contribution is 2.38. The van der Waals surface area contributed by atoms with E-state index in [1.807, 2.05) is 74.5 Å². The van der Waals surface area contributed by atoms with Gasteiger partial charge < -0.3 is 49.6 Å². The lowest BCUT2D eigenvalue weighted by molar-refractivity contribution is -0.119. The van der Waals surface area contributed by atoms with Crippen molar-refractivity contribution in [3.8, 4) is 34.3 Å². The van der Waals surface area contributed by atoms with Crippen molar-refractivity contribution in [3.05, 3.63) is 84.7 Å². The number of ether oxygens (including phenoxy) is 2. The van der Waals surface area contributed by atoms with Crippen molar-refractivity contribution in [2.24, 2.45) is 10.3 Å². The number of benzene rings is 2.